The second kappa shape index (κ2) is 7.97. The number of ether oxygens (including phenoxy) is 1. The molecule has 1 unspecified atom stereocenters. The molecule has 4 aromatic rings. The number of hydrogen-bond donors (Lipinski definition) is 1. The van der Waals surface area contributed by atoms with Crippen LogP contribution in [0.5, 0.6) is 5.75 Å². The van der Waals surface area contributed by atoms with Crippen LogP contribution in [-0.2, 0) is 4.79 Å². The average molecular weight is 407 g/mol. The van der Waals surface area contributed by atoms with Crippen molar-refractivity contribution >= 4 is 33.3 Å². The van der Waals surface area contributed by atoms with Crippen LogP contribution in [0.4, 0.5) is 10.1 Å². The number of nitrogens with zero attached hydrogens (tertiary/aromatic N) is 2. The molecule has 2 heterocycles. The molecular weight excluding hydrogens is 389 g/mol. The minimum Gasteiger partial charge on any atom is -0.481 e. The number of aryl methyl sites for hydroxylation is 1. The van der Waals surface area contributed by atoms with Crippen molar-refractivity contribution in [1.82, 2.24) is 9.97 Å². The zero-order chi connectivity index (χ0) is 20.4. The lowest BCUT2D eigenvalue weighted by Gasteiger charge is -2.16. The Balaban J connectivity index is 1.52. The van der Waals surface area contributed by atoms with Gasteiger partial charge in [-0.1, -0.05) is 23.5 Å². The third-order valence-electron chi connectivity index (χ3n) is 4.40. The fourth-order valence-corrected chi connectivity index (χ4v) is 3.69. The minimum atomic E-state index is -0.741. The predicted molar refractivity (Wildman–Crippen MR) is 113 cm³/mol. The number of carbonyl (C=O) groups is 1. The summed E-state index contributed by atoms with van der Waals surface area (Å²) in [6.07, 6.45) is 1.00. The fourth-order valence-electron chi connectivity index (χ4n) is 2.79. The first kappa shape index (κ1) is 19.0. The van der Waals surface area contributed by atoms with Gasteiger partial charge in [0.2, 0.25) is 0 Å². The third-order valence-corrected chi connectivity index (χ3v) is 5.43. The highest BCUT2D eigenvalue weighted by Crippen LogP contribution is 2.31. The van der Waals surface area contributed by atoms with Gasteiger partial charge in [0.05, 0.1) is 0 Å². The summed E-state index contributed by atoms with van der Waals surface area (Å²) < 4.78 is 18.6. The number of thiazole rings is 1. The van der Waals surface area contributed by atoms with Crippen LogP contribution in [0.3, 0.4) is 0 Å². The first-order valence-electron chi connectivity index (χ1n) is 9.05. The maximum atomic E-state index is 13.0. The number of fused-ring (bicyclic) bond motifs is 1. The normalized spacial score (nSPS) is 12.0. The molecule has 0 saturated carbocycles. The zero-order valence-electron chi connectivity index (χ0n) is 15.8. The Kier molecular flexibility index (Phi) is 5.22. The van der Waals surface area contributed by atoms with Crippen LogP contribution in [-0.4, -0.2) is 22.0 Å². The van der Waals surface area contributed by atoms with E-state index in [0.717, 1.165) is 26.5 Å². The number of benzene rings is 2. The van der Waals surface area contributed by atoms with Gasteiger partial charge in [0, 0.05) is 17.4 Å². The number of aromatic nitrogens is 2. The molecule has 4 rings (SSSR count). The van der Waals surface area contributed by atoms with Gasteiger partial charge in [-0.15, -0.1) is 0 Å². The molecule has 0 aliphatic rings. The van der Waals surface area contributed by atoms with Crippen LogP contribution in [0.1, 0.15) is 12.5 Å². The number of pyridine rings is 1. The maximum absolute atomic E-state index is 13.0. The SMILES string of the molecule is Cc1ccc(-c2nc3cccnc3s2)cc1NC(=O)C(C)Oc1ccc(F)cc1. The first-order valence-corrected chi connectivity index (χ1v) is 9.87. The number of nitrogens with one attached hydrogen (secondary N) is 1. The lowest BCUT2D eigenvalue weighted by molar-refractivity contribution is -0.122. The molecule has 1 amide bonds. The molecule has 2 aromatic heterocycles. The van der Waals surface area contributed by atoms with E-state index in [0.29, 0.717) is 11.4 Å². The van der Waals surface area contributed by atoms with E-state index in [4.69, 9.17) is 4.74 Å². The van der Waals surface area contributed by atoms with E-state index in [1.807, 2.05) is 37.3 Å². The first-order chi connectivity index (χ1) is 14.0. The van der Waals surface area contributed by atoms with Gasteiger partial charge >= 0.3 is 0 Å². The summed E-state index contributed by atoms with van der Waals surface area (Å²) in [5.74, 6) is -0.214. The summed E-state index contributed by atoms with van der Waals surface area (Å²) in [6.45, 7) is 3.57. The van der Waals surface area contributed by atoms with Crippen molar-refractivity contribution in [3.05, 3.63) is 72.2 Å². The molecule has 7 heteroatoms. The van der Waals surface area contributed by atoms with E-state index in [1.165, 1.54) is 35.6 Å². The van der Waals surface area contributed by atoms with Gasteiger partial charge in [0.1, 0.15) is 26.9 Å². The lowest BCUT2D eigenvalue weighted by Crippen LogP contribution is -2.30. The van der Waals surface area contributed by atoms with Crippen LogP contribution in [0, 0.1) is 12.7 Å². The average Bonchev–Trinajstić information content (AvgIpc) is 3.15. The fraction of sp³-hybridized carbons (Fsp3) is 0.136. The highest BCUT2D eigenvalue weighted by molar-refractivity contribution is 7.21. The largest absolute Gasteiger partial charge is 0.481 e. The number of halogens is 1. The van der Waals surface area contributed by atoms with Gasteiger partial charge in [-0.2, -0.15) is 0 Å². The summed E-state index contributed by atoms with van der Waals surface area (Å²) >= 11 is 1.50. The van der Waals surface area contributed by atoms with Crippen molar-refractivity contribution in [2.45, 2.75) is 20.0 Å². The molecule has 0 aliphatic carbocycles. The summed E-state index contributed by atoms with van der Waals surface area (Å²) in [6, 6.07) is 15.2. The summed E-state index contributed by atoms with van der Waals surface area (Å²) in [7, 11) is 0. The Bertz CT molecular complexity index is 1140. The van der Waals surface area contributed by atoms with E-state index < -0.39 is 6.10 Å². The molecule has 0 radical (unpaired) electrons. The molecule has 0 fully saturated rings. The monoisotopic (exact) mass is 407 g/mol. The van der Waals surface area contributed by atoms with Crippen LogP contribution in [0.25, 0.3) is 20.9 Å². The third kappa shape index (κ3) is 4.25. The summed E-state index contributed by atoms with van der Waals surface area (Å²) in [4.78, 5) is 22.4. The van der Waals surface area contributed by atoms with Gasteiger partial charge in [-0.05, 0) is 61.9 Å². The Labute approximate surface area is 171 Å². The number of amides is 1. The maximum Gasteiger partial charge on any atom is 0.265 e. The Morgan fingerprint density at radius 3 is 2.72 bits per heavy atom. The smallest absolute Gasteiger partial charge is 0.265 e. The molecule has 29 heavy (non-hydrogen) atoms. The second-order valence-electron chi connectivity index (χ2n) is 6.58. The Hall–Kier alpha value is -3.32. The standard InChI is InChI=1S/C22H18FN3O2S/c1-13-5-6-15(21-26-18-4-3-11-24-22(18)29-21)12-19(13)25-20(27)14(2)28-17-9-7-16(23)8-10-17/h3-12,14H,1-2H3,(H,25,27). The van der Waals surface area contributed by atoms with Crippen molar-refractivity contribution in [3.63, 3.8) is 0 Å². The van der Waals surface area contributed by atoms with E-state index in [2.05, 4.69) is 15.3 Å². The Morgan fingerprint density at radius 2 is 1.97 bits per heavy atom. The van der Waals surface area contributed by atoms with Gasteiger partial charge in [0.25, 0.3) is 5.91 Å². The number of rotatable bonds is 5. The number of hydrogen-bond acceptors (Lipinski definition) is 5. The van der Waals surface area contributed by atoms with Crippen LogP contribution in [0.15, 0.2) is 60.8 Å². The topological polar surface area (TPSA) is 64.1 Å². The highest BCUT2D eigenvalue weighted by Gasteiger charge is 2.17. The van der Waals surface area contributed by atoms with Crippen molar-refractivity contribution < 1.29 is 13.9 Å². The number of carbonyl (C=O) groups excluding carboxylic acids is 1. The molecule has 0 saturated heterocycles. The molecule has 0 bridgehead atoms. The lowest BCUT2D eigenvalue weighted by atomic mass is 10.1. The molecule has 146 valence electrons. The zero-order valence-corrected chi connectivity index (χ0v) is 16.7. The van der Waals surface area contributed by atoms with Crippen LogP contribution < -0.4 is 10.1 Å². The summed E-state index contributed by atoms with van der Waals surface area (Å²) in [5, 5.41) is 3.75. The van der Waals surface area contributed by atoms with Crippen molar-refractivity contribution in [2.75, 3.05) is 5.32 Å². The number of anilines is 1. The second-order valence-corrected chi connectivity index (χ2v) is 7.56. The summed E-state index contributed by atoms with van der Waals surface area (Å²) in [5.41, 5.74) is 3.37. The van der Waals surface area contributed by atoms with Gasteiger partial charge < -0.3 is 10.1 Å². The van der Waals surface area contributed by atoms with Gasteiger partial charge in [-0.3, -0.25) is 4.79 Å². The van der Waals surface area contributed by atoms with Gasteiger partial charge in [-0.25, -0.2) is 14.4 Å². The minimum absolute atomic E-state index is 0.291. The molecule has 1 atom stereocenters. The van der Waals surface area contributed by atoms with E-state index >= 15 is 0 Å². The quantitative estimate of drug-likeness (QED) is 0.493. The molecule has 1 N–H and O–H groups in total. The Morgan fingerprint density at radius 1 is 1.17 bits per heavy atom. The van der Waals surface area contributed by atoms with E-state index in [1.54, 1.807) is 13.1 Å². The molecule has 0 spiro atoms. The highest BCUT2D eigenvalue weighted by atomic mass is 32.1. The van der Waals surface area contributed by atoms with Crippen LogP contribution >= 0.6 is 11.3 Å². The van der Waals surface area contributed by atoms with Crippen molar-refractivity contribution in [1.29, 1.82) is 0 Å². The predicted octanol–water partition coefficient (Wildman–Crippen LogP) is 5.21. The molecule has 5 nitrogen and oxygen atoms in total. The molecule has 2 aromatic carbocycles. The molecular formula is C22H18FN3O2S. The van der Waals surface area contributed by atoms with E-state index in [-0.39, 0.29) is 11.7 Å². The van der Waals surface area contributed by atoms with Crippen LogP contribution in [0.2, 0.25) is 0 Å². The van der Waals surface area contributed by atoms with E-state index in [9.17, 15) is 9.18 Å². The van der Waals surface area contributed by atoms with Gasteiger partial charge in [0.15, 0.2) is 6.10 Å². The van der Waals surface area contributed by atoms with Crippen molar-refractivity contribution in [3.8, 4) is 16.3 Å². The van der Waals surface area contributed by atoms with Crippen molar-refractivity contribution in [2.24, 2.45) is 0 Å². The molecule has 0 aliphatic heterocycles.